The fourth-order valence-electron chi connectivity index (χ4n) is 1.99. The van der Waals surface area contributed by atoms with E-state index in [0.717, 1.165) is 21.0 Å². The SMILES string of the molecule is COc1cccc2sc(-c3cccc(C)c3)nc12. The predicted octanol–water partition coefficient (Wildman–Crippen LogP) is 4.28. The second-order valence-electron chi connectivity index (χ2n) is 4.20. The van der Waals surface area contributed by atoms with Crippen LogP contribution in [0.15, 0.2) is 42.5 Å². The fourth-order valence-corrected chi connectivity index (χ4v) is 2.97. The van der Waals surface area contributed by atoms with Crippen LogP contribution in [-0.2, 0) is 0 Å². The maximum Gasteiger partial charge on any atom is 0.145 e. The third-order valence-electron chi connectivity index (χ3n) is 2.87. The third-order valence-corrected chi connectivity index (χ3v) is 3.94. The van der Waals surface area contributed by atoms with Crippen LogP contribution in [0.1, 0.15) is 5.56 Å². The smallest absolute Gasteiger partial charge is 0.145 e. The zero-order chi connectivity index (χ0) is 12.5. The Kier molecular flexibility index (Phi) is 2.76. The molecule has 0 spiro atoms. The van der Waals surface area contributed by atoms with Gasteiger partial charge in [0.25, 0.3) is 0 Å². The van der Waals surface area contributed by atoms with E-state index >= 15 is 0 Å². The van der Waals surface area contributed by atoms with Gasteiger partial charge in [0, 0.05) is 5.56 Å². The Morgan fingerprint density at radius 2 is 1.94 bits per heavy atom. The fraction of sp³-hybridized carbons (Fsp3) is 0.133. The first-order valence-corrected chi connectivity index (χ1v) is 6.60. The first-order valence-electron chi connectivity index (χ1n) is 5.78. The van der Waals surface area contributed by atoms with Crippen molar-refractivity contribution in [3.8, 4) is 16.3 Å². The summed E-state index contributed by atoms with van der Waals surface area (Å²) < 4.78 is 6.50. The lowest BCUT2D eigenvalue weighted by atomic mass is 10.1. The minimum absolute atomic E-state index is 0.836. The monoisotopic (exact) mass is 255 g/mol. The number of hydrogen-bond donors (Lipinski definition) is 0. The van der Waals surface area contributed by atoms with Gasteiger partial charge in [-0.3, -0.25) is 0 Å². The molecular weight excluding hydrogens is 242 g/mol. The van der Waals surface area contributed by atoms with E-state index in [0.29, 0.717) is 0 Å². The van der Waals surface area contributed by atoms with E-state index in [1.807, 2.05) is 12.1 Å². The molecule has 3 rings (SSSR count). The number of para-hydroxylation sites is 1. The quantitative estimate of drug-likeness (QED) is 0.682. The summed E-state index contributed by atoms with van der Waals surface area (Å²) in [5.41, 5.74) is 3.36. The van der Waals surface area contributed by atoms with Crippen molar-refractivity contribution in [1.82, 2.24) is 4.98 Å². The van der Waals surface area contributed by atoms with Gasteiger partial charge in [0.1, 0.15) is 16.3 Å². The second kappa shape index (κ2) is 4.42. The molecule has 0 N–H and O–H groups in total. The lowest BCUT2D eigenvalue weighted by Crippen LogP contribution is -1.83. The maximum atomic E-state index is 5.34. The molecule has 0 aliphatic rings. The number of rotatable bonds is 2. The van der Waals surface area contributed by atoms with Crippen molar-refractivity contribution < 1.29 is 4.74 Å². The van der Waals surface area contributed by atoms with Gasteiger partial charge in [-0.05, 0) is 25.1 Å². The molecule has 0 aliphatic heterocycles. The van der Waals surface area contributed by atoms with Gasteiger partial charge in [-0.25, -0.2) is 4.98 Å². The van der Waals surface area contributed by atoms with Crippen molar-refractivity contribution in [3.63, 3.8) is 0 Å². The first-order chi connectivity index (χ1) is 8.78. The molecule has 0 bridgehead atoms. The number of aromatic nitrogens is 1. The molecule has 0 saturated heterocycles. The van der Waals surface area contributed by atoms with Gasteiger partial charge >= 0.3 is 0 Å². The highest BCUT2D eigenvalue weighted by molar-refractivity contribution is 7.21. The molecule has 3 heteroatoms. The molecule has 0 atom stereocenters. The molecular formula is C15H13NOS. The number of thiazole rings is 1. The summed E-state index contributed by atoms with van der Waals surface area (Å²) in [5.74, 6) is 0.836. The van der Waals surface area contributed by atoms with Crippen LogP contribution in [0, 0.1) is 6.92 Å². The number of ether oxygens (including phenoxy) is 1. The predicted molar refractivity (Wildman–Crippen MR) is 76.3 cm³/mol. The summed E-state index contributed by atoms with van der Waals surface area (Å²) in [7, 11) is 1.68. The Morgan fingerprint density at radius 1 is 1.11 bits per heavy atom. The molecule has 90 valence electrons. The maximum absolute atomic E-state index is 5.34. The number of nitrogens with zero attached hydrogens (tertiary/aromatic N) is 1. The van der Waals surface area contributed by atoms with E-state index in [4.69, 9.17) is 4.74 Å². The molecule has 0 fully saturated rings. The second-order valence-corrected chi connectivity index (χ2v) is 5.23. The molecule has 18 heavy (non-hydrogen) atoms. The van der Waals surface area contributed by atoms with Crippen molar-refractivity contribution in [2.24, 2.45) is 0 Å². The van der Waals surface area contributed by atoms with Gasteiger partial charge in [-0.15, -0.1) is 11.3 Å². The molecule has 2 nitrogen and oxygen atoms in total. The standard InChI is InChI=1S/C15H13NOS/c1-10-5-3-6-11(9-10)15-16-14-12(17-2)7-4-8-13(14)18-15/h3-9H,1-2H3. The molecule has 1 aromatic heterocycles. The molecule has 2 aromatic carbocycles. The number of fused-ring (bicyclic) bond motifs is 1. The van der Waals surface area contributed by atoms with Crippen molar-refractivity contribution in [1.29, 1.82) is 0 Å². The Bertz CT molecular complexity index is 703. The van der Waals surface area contributed by atoms with Crippen LogP contribution in [-0.4, -0.2) is 12.1 Å². The summed E-state index contributed by atoms with van der Waals surface area (Å²) in [6.07, 6.45) is 0. The zero-order valence-electron chi connectivity index (χ0n) is 10.3. The van der Waals surface area contributed by atoms with Crippen molar-refractivity contribution in [2.75, 3.05) is 7.11 Å². The highest BCUT2D eigenvalue weighted by Gasteiger charge is 2.09. The van der Waals surface area contributed by atoms with E-state index in [1.54, 1.807) is 18.4 Å². The lowest BCUT2D eigenvalue weighted by molar-refractivity contribution is 0.419. The number of benzene rings is 2. The molecule has 0 amide bonds. The van der Waals surface area contributed by atoms with Crippen molar-refractivity contribution >= 4 is 21.6 Å². The van der Waals surface area contributed by atoms with Crippen LogP contribution >= 0.6 is 11.3 Å². The summed E-state index contributed by atoms with van der Waals surface area (Å²) in [4.78, 5) is 4.69. The van der Waals surface area contributed by atoms with Crippen LogP contribution in [0.3, 0.4) is 0 Å². The van der Waals surface area contributed by atoms with Gasteiger partial charge in [-0.2, -0.15) is 0 Å². The van der Waals surface area contributed by atoms with Gasteiger partial charge in [-0.1, -0.05) is 29.8 Å². The van der Waals surface area contributed by atoms with E-state index < -0.39 is 0 Å². The molecule has 0 radical (unpaired) electrons. The molecule has 0 aliphatic carbocycles. The van der Waals surface area contributed by atoms with E-state index in [-0.39, 0.29) is 0 Å². The normalized spacial score (nSPS) is 10.8. The van der Waals surface area contributed by atoms with Crippen LogP contribution in [0.5, 0.6) is 5.75 Å². The van der Waals surface area contributed by atoms with Gasteiger partial charge in [0.05, 0.1) is 11.8 Å². The summed E-state index contributed by atoms with van der Waals surface area (Å²) in [6.45, 7) is 2.09. The van der Waals surface area contributed by atoms with Crippen LogP contribution in [0.4, 0.5) is 0 Å². The molecule has 3 aromatic rings. The summed E-state index contributed by atoms with van der Waals surface area (Å²) >= 11 is 1.70. The van der Waals surface area contributed by atoms with Gasteiger partial charge < -0.3 is 4.74 Å². The Hall–Kier alpha value is -1.87. The van der Waals surface area contributed by atoms with Gasteiger partial charge in [0.2, 0.25) is 0 Å². The van der Waals surface area contributed by atoms with Crippen LogP contribution in [0.2, 0.25) is 0 Å². The van der Waals surface area contributed by atoms with Crippen molar-refractivity contribution in [2.45, 2.75) is 6.92 Å². The Morgan fingerprint density at radius 3 is 2.72 bits per heavy atom. The van der Waals surface area contributed by atoms with E-state index in [2.05, 4.69) is 42.2 Å². The highest BCUT2D eigenvalue weighted by atomic mass is 32.1. The van der Waals surface area contributed by atoms with Gasteiger partial charge in [0.15, 0.2) is 0 Å². The number of hydrogen-bond acceptors (Lipinski definition) is 3. The molecule has 0 unspecified atom stereocenters. The van der Waals surface area contributed by atoms with Crippen LogP contribution < -0.4 is 4.74 Å². The highest BCUT2D eigenvalue weighted by Crippen LogP contribution is 2.34. The van der Waals surface area contributed by atoms with E-state index in [9.17, 15) is 0 Å². The first kappa shape index (κ1) is 11.2. The summed E-state index contributed by atoms with van der Waals surface area (Å²) in [5, 5.41) is 1.04. The summed E-state index contributed by atoms with van der Waals surface area (Å²) in [6, 6.07) is 14.4. The average Bonchev–Trinajstić information content (AvgIpc) is 2.82. The molecule has 0 saturated carbocycles. The minimum Gasteiger partial charge on any atom is -0.494 e. The lowest BCUT2D eigenvalue weighted by Gasteiger charge is -1.98. The largest absolute Gasteiger partial charge is 0.494 e. The van der Waals surface area contributed by atoms with Crippen LogP contribution in [0.25, 0.3) is 20.8 Å². The van der Waals surface area contributed by atoms with E-state index in [1.165, 1.54) is 11.1 Å². The topological polar surface area (TPSA) is 22.1 Å². The zero-order valence-corrected chi connectivity index (χ0v) is 11.1. The molecule has 1 heterocycles. The minimum atomic E-state index is 0.836. The third kappa shape index (κ3) is 1.87. The average molecular weight is 255 g/mol. The number of methoxy groups -OCH3 is 1. The Balaban J connectivity index is 2.19. The van der Waals surface area contributed by atoms with Crippen molar-refractivity contribution in [3.05, 3.63) is 48.0 Å². The number of aryl methyl sites for hydroxylation is 1. The Labute approximate surface area is 110 Å².